The first-order valence-corrected chi connectivity index (χ1v) is 5.99. The molecule has 20 heavy (non-hydrogen) atoms. The number of aliphatic hydroxyl groups excluding tert-OH is 1. The number of halogens is 3. The predicted octanol–water partition coefficient (Wildman–Crippen LogP) is 3.19. The van der Waals surface area contributed by atoms with Crippen molar-refractivity contribution in [2.24, 2.45) is 0 Å². The summed E-state index contributed by atoms with van der Waals surface area (Å²) in [6, 6.07) is 2.79. The van der Waals surface area contributed by atoms with E-state index < -0.39 is 28.5 Å². The van der Waals surface area contributed by atoms with Gasteiger partial charge in [0.1, 0.15) is 5.56 Å². The Kier molecular flexibility index (Phi) is 5.32. The van der Waals surface area contributed by atoms with Crippen molar-refractivity contribution in [1.82, 2.24) is 0 Å². The van der Waals surface area contributed by atoms with Crippen LogP contribution in [-0.4, -0.2) is 22.7 Å². The molecule has 0 saturated heterocycles. The molecule has 0 spiro atoms. The van der Waals surface area contributed by atoms with Gasteiger partial charge in [0.15, 0.2) is 0 Å². The van der Waals surface area contributed by atoms with Crippen molar-refractivity contribution in [2.75, 3.05) is 11.9 Å². The summed E-state index contributed by atoms with van der Waals surface area (Å²) in [5.74, 6) is 0. The van der Waals surface area contributed by atoms with Crippen LogP contribution in [0.4, 0.5) is 24.5 Å². The van der Waals surface area contributed by atoms with Gasteiger partial charge in [-0.1, -0.05) is 0 Å². The first-order chi connectivity index (χ1) is 9.21. The van der Waals surface area contributed by atoms with E-state index in [-0.39, 0.29) is 5.69 Å². The first kappa shape index (κ1) is 16.2. The van der Waals surface area contributed by atoms with Crippen molar-refractivity contribution in [2.45, 2.75) is 32.0 Å². The molecule has 2 N–H and O–H groups in total. The molecule has 1 aromatic carbocycles. The molecule has 0 aliphatic carbocycles. The molecule has 0 fully saturated rings. The lowest BCUT2D eigenvalue weighted by Crippen LogP contribution is -2.11. The average molecular weight is 292 g/mol. The number of aliphatic hydroxyl groups is 1. The van der Waals surface area contributed by atoms with E-state index in [1.165, 1.54) is 6.07 Å². The minimum atomic E-state index is -4.78. The van der Waals surface area contributed by atoms with Crippen LogP contribution < -0.4 is 5.32 Å². The van der Waals surface area contributed by atoms with Crippen LogP contribution in [0.15, 0.2) is 18.2 Å². The molecule has 5 nitrogen and oxygen atoms in total. The van der Waals surface area contributed by atoms with Crippen LogP contribution in [0.1, 0.15) is 25.3 Å². The molecule has 1 rings (SSSR count). The second kappa shape index (κ2) is 6.56. The van der Waals surface area contributed by atoms with Gasteiger partial charge in [-0.3, -0.25) is 10.1 Å². The fourth-order valence-electron chi connectivity index (χ4n) is 1.66. The summed E-state index contributed by atoms with van der Waals surface area (Å²) in [7, 11) is 0. The zero-order valence-corrected chi connectivity index (χ0v) is 10.8. The highest BCUT2D eigenvalue weighted by Crippen LogP contribution is 2.37. The summed E-state index contributed by atoms with van der Waals surface area (Å²) in [4.78, 5) is 9.52. The van der Waals surface area contributed by atoms with Gasteiger partial charge in [-0.15, -0.1) is 0 Å². The maximum Gasteiger partial charge on any atom is 0.423 e. The molecule has 0 amide bonds. The molecule has 1 atom stereocenters. The first-order valence-electron chi connectivity index (χ1n) is 5.99. The van der Waals surface area contributed by atoms with Crippen LogP contribution >= 0.6 is 0 Å². The molecule has 1 unspecified atom stereocenters. The highest BCUT2D eigenvalue weighted by Gasteiger charge is 2.38. The molecular weight excluding hydrogens is 277 g/mol. The maximum atomic E-state index is 12.7. The Balaban J connectivity index is 2.83. The highest BCUT2D eigenvalue weighted by molar-refractivity contribution is 5.55. The van der Waals surface area contributed by atoms with Crippen molar-refractivity contribution >= 4 is 11.4 Å². The van der Waals surface area contributed by atoms with Crippen LogP contribution in [0, 0.1) is 10.1 Å². The Bertz CT molecular complexity index is 476. The van der Waals surface area contributed by atoms with Gasteiger partial charge in [-0.25, -0.2) is 0 Å². The summed E-state index contributed by atoms with van der Waals surface area (Å²) in [5, 5.41) is 22.4. The molecule has 112 valence electrons. The van der Waals surface area contributed by atoms with Gasteiger partial charge in [0.05, 0.1) is 11.0 Å². The van der Waals surface area contributed by atoms with E-state index in [4.69, 9.17) is 5.11 Å². The van der Waals surface area contributed by atoms with Crippen LogP contribution in [0.2, 0.25) is 0 Å². The van der Waals surface area contributed by atoms with E-state index in [9.17, 15) is 23.3 Å². The van der Waals surface area contributed by atoms with Crippen molar-refractivity contribution in [1.29, 1.82) is 0 Å². The van der Waals surface area contributed by atoms with Crippen LogP contribution in [-0.2, 0) is 6.18 Å². The largest absolute Gasteiger partial charge is 0.423 e. The van der Waals surface area contributed by atoms with E-state index in [0.29, 0.717) is 19.4 Å². The maximum absolute atomic E-state index is 12.7. The number of nitrogens with one attached hydrogen (secondary N) is 1. The van der Waals surface area contributed by atoms with E-state index in [0.717, 1.165) is 12.1 Å². The molecule has 0 saturated carbocycles. The second-order valence-corrected chi connectivity index (χ2v) is 4.40. The molecule has 0 bridgehead atoms. The Morgan fingerprint density at radius 3 is 2.60 bits per heavy atom. The third kappa shape index (κ3) is 4.69. The minimum Gasteiger partial charge on any atom is -0.393 e. The Morgan fingerprint density at radius 2 is 2.10 bits per heavy atom. The van der Waals surface area contributed by atoms with Crippen molar-refractivity contribution < 1.29 is 23.2 Å². The summed E-state index contributed by atoms with van der Waals surface area (Å²) in [6.07, 6.45) is -4.15. The predicted molar refractivity (Wildman–Crippen MR) is 67.5 cm³/mol. The van der Waals surface area contributed by atoms with Crippen molar-refractivity contribution in [3.05, 3.63) is 33.9 Å². The SMILES string of the molecule is CC(O)CCCNc1ccc([N+](=O)[O-])c(C(F)(F)F)c1. The quantitative estimate of drug-likeness (QED) is 0.479. The van der Waals surface area contributed by atoms with Gasteiger partial charge in [0, 0.05) is 18.3 Å². The number of rotatable bonds is 6. The van der Waals surface area contributed by atoms with Gasteiger partial charge in [0.2, 0.25) is 0 Å². The smallest absolute Gasteiger partial charge is 0.393 e. The van der Waals surface area contributed by atoms with E-state index >= 15 is 0 Å². The topological polar surface area (TPSA) is 75.4 Å². The number of nitrogens with zero attached hydrogens (tertiary/aromatic N) is 1. The molecule has 8 heteroatoms. The fraction of sp³-hybridized carbons (Fsp3) is 0.500. The zero-order valence-electron chi connectivity index (χ0n) is 10.8. The molecule has 0 heterocycles. The Hall–Kier alpha value is -1.83. The van der Waals surface area contributed by atoms with Crippen LogP contribution in [0.5, 0.6) is 0 Å². The third-order valence-corrected chi connectivity index (χ3v) is 2.63. The zero-order chi connectivity index (χ0) is 15.3. The summed E-state index contributed by atoms with van der Waals surface area (Å²) in [6.45, 7) is 1.99. The standard InChI is InChI=1S/C12H15F3N2O3/c1-8(18)3-2-6-16-9-4-5-11(17(19)20)10(7-9)12(13,14)15/h4-5,7-8,16,18H,2-3,6H2,1H3. The Morgan fingerprint density at radius 1 is 1.45 bits per heavy atom. The average Bonchev–Trinajstić information content (AvgIpc) is 2.33. The molecule has 0 aromatic heterocycles. The van der Waals surface area contributed by atoms with Gasteiger partial charge in [0.25, 0.3) is 5.69 Å². The number of hydrogen-bond acceptors (Lipinski definition) is 4. The van der Waals surface area contributed by atoms with Crippen LogP contribution in [0.25, 0.3) is 0 Å². The summed E-state index contributed by atoms with van der Waals surface area (Å²) in [5.41, 5.74) is -2.08. The lowest BCUT2D eigenvalue weighted by Gasteiger charge is -2.11. The normalized spacial score (nSPS) is 13.1. The number of alkyl halides is 3. The van der Waals surface area contributed by atoms with Gasteiger partial charge in [-0.05, 0) is 31.9 Å². The van der Waals surface area contributed by atoms with Gasteiger partial charge < -0.3 is 10.4 Å². The number of nitro benzene ring substituents is 1. The van der Waals surface area contributed by atoms with E-state index in [2.05, 4.69) is 5.32 Å². The van der Waals surface area contributed by atoms with E-state index in [1.807, 2.05) is 0 Å². The van der Waals surface area contributed by atoms with Gasteiger partial charge in [-0.2, -0.15) is 13.2 Å². The van der Waals surface area contributed by atoms with Crippen molar-refractivity contribution in [3.63, 3.8) is 0 Å². The van der Waals surface area contributed by atoms with Crippen LogP contribution in [0.3, 0.4) is 0 Å². The minimum absolute atomic E-state index is 0.161. The van der Waals surface area contributed by atoms with E-state index in [1.54, 1.807) is 6.92 Å². The fourth-order valence-corrected chi connectivity index (χ4v) is 1.66. The monoisotopic (exact) mass is 292 g/mol. The Labute approximate surface area is 113 Å². The molecular formula is C12H15F3N2O3. The summed E-state index contributed by atoms with van der Waals surface area (Å²) < 4.78 is 38.2. The third-order valence-electron chi connectivity index (χ3n) is 2.63. The number of anilines is 1. The lowest BCUT2D eigenvalue weighted by molar-refractivity contribution is -0.388. The van der Waals surface area contributed by atoms with Crippen molar-refractivity contribution in [3.8, 4) is 0 Å². The number of nitro groups is 1. The highest BCUT2D eigenvalue weighted by atomic mass is 19.4. The number of hydrogen-bond donors (Lipinski definition) is 2. The number of benzene rings is 1. The molecule has 1 aromatic rings. The molecule has 0 aliphatic heterocycles. The molecule has 0 radical (unpaired) electrons. The lowest BCUT2D eigenvalue weighted by atomic mass is 10.1. The second-order valence-electron chi connectivity index (χ2n) is 4.40. The molecule has 0 aliphatic rings. The van der Waals surface area contributed by atoms with Gasteiger partial charge >= 0.3 is 6.18 Å². The summed E-state index contributed by atoms with van der Waals surface area (Å²) >= 11 is 0.